The number of Topliss-reactive ketones (excluding diaryl/α,β-unsaturated/α-hetero) is 1. The number of nitrogens with one attached hydrogen (secondary N) is 1. The summed E-state index contributed by atoms with van der Waals surface area (Å²) in [5, 5.41) is 21.0. The van der Waals surface area contributed by atoms with Gasteiger partial charge in [-0.3, -0.25) is 14.7 Å². The van der Waals surface area contributed by atoms with Gasteiger partial charge in [0.15, 0.2) is 11.5 Å². The number of quaternary nitrogens is 1. The molecule has 2 aliphatic carbocycles. The summed E-state index contributed by atoms with van der Waals surface area (Å²) in [6.45, 7) is 1.07. The maximum Gasteiger partial charge on any atom is 0.227 e. The number of phenolic OH excluding ortho intramolecular Hbond substituents is 1. The van der Waals surface area contributed by atoms with E-state index in [2.05, 4.69) is 30.6 Å². The van der Waals surface area contributed by atoms with E-state index in [1.807, 2.05) is 18.2 Å². The molecule has 2 aromatic carbocycles. The number of carbonyl (C=O) groups excluding carboxylic acids is 1. The third-order valence-electron chi connectivity index (χ3n) is 11.2. The fourth-order valence-electron chi connectivity index (χ4n) is 8.46. The molecule has 2 heterocycles. The molecule has 0 radical (unpaired) electrons. The normalized spacial score (nSPS) is 21.2. The van der Waals surface area contributed by atoms with Gasteiger partial charge in [0.2, 0.25) is 6.73 Å². The maximum absolute atomic E-state index is 12.7. The number of aromatic hydroxyl groups is 1. The lowest BCUT2D eigenvalue weighted by Gasteiger charge is -2.32. The number of allylic oxidation sites excluding steroid dienone is 1. The van der Waals surface area contributed by atoms with Gasteiger partial charge in [-0.2, -0.15) is 0 Å². The molecule has 48 heavy (non-hydrogen) atoms. The Hall–Kier alpha value is -3.30. The van der Waals surface area contributed by atoms with E-state index in [0.717, 1.165) is 59.9 Å². The molecule has 4 aliphatic rings. The van der Waals surface area contributed by atoms with Crippen LogP contribution in [0.3, 0.4) is 0 Å². The second kappa shape index (κ2) is 15.9. The van der Waals surface area contributed by atoms with Crippen molar-refractivity contribution in [3.8, 4) is 11.5 Å². The van der Waals surface area contributed by atoms with Crippen LogP contribution in [0.5, 0.6) is 11.5 Å². The molecule has 8 heteroatoms. The molecule has 6 rings (SSSR count). The number of hydrogen-bond donors (Lipinski definition) is 5. The topological polar surface area (TPSA) is 136 Å². The van der Waals surface area contributed by atoms with Gasteiger partial charge in [0.25, 0.3) is 0 Å². The average molecular weight is 656 g/mol. The molecule has 0 saturated heterocycles. The summed E-state index contributed by atoms with van der Waals surface area (Å²) in [4.78, 5) is 18.6. The Morgan fingerprint density at radius 3 is 2.65 bits per heavy atom. The number of rotatable bonds is 16. The zero-order valence-electron chi connectivity index (χ0n) is 28.5. The molecule has 2 atom stereocenters. The van der Waals surface area contributed by atoms with Crippen molar-refractivity contribution in [3.63, 3.8) is 0 Å². The zero-order chi connectivity index (χ0) is 33.5. The summed E-state index contributed by atoms with van der Waals surface area (Å²) in [7, 11) is 0. The van der Waals surface area contributed by atoms with E-state index in [0.29, 0.717) is 31.7 Å². The molecule has 2 aliphatic heterocycles. The Balaban J connectivity index is 0.993. The van der Waals surface area contributed by atoms with E-state index in [-0.39, 0.29) is 23.4 Å². The van der Waals surface area contributed by atoms with Gasteiger partial charge in [-0.15, -0.1) is 0 Å². The van der Waals surface area contributed by atoms with Gasteiger partial charge in [-0.05, 0) is 66.0 Å². The smallest absolute Gasteiger partial charge is 0.227 e. The minimum atomic E-state index is -0.558. The Kier molecular flexibility index (Phi) is 11.5. The number of aryl methyl sites for hydroxylation is 1. The third-order valence-corrected chi connectivity index (χ3v) is 11.2. The van der Waals surface area contributed by atoms with Gasteiger partial charge < -0.3 is 26.4 Å². The fraction of sp³-hybridized carbons (Fsp3) is 0.550. The number of ketones is 1. The van der Waals surface area contributed by atoms with Crippen molar-refractivity contribution < 1.29 is 24.6 Å². The molecule has 0 spiro atoms. The zero-order valence-corrected chi connectivity index (χ0v) is 28.5. The first-order chi connectivity index (χ1) is 23.3. The number of carbonyl (C=O) groups is 1. The predicted molar refractivity (Wildman–Crippen MR) is 190 cm³/mol. The lowest BCUT2D eigenvalue weighted by atomic mass is 9.70. The number of nitrogens with two attached hydrogens (primary N) is 2. The minimum absolute atomic E-state index is 0.0762. The summed E-state index contributed by atoms with van der Waals surface area (Å²) in [5.41, 5.74) is 18.6. The van der Waals surface area contributed by atoms with Crippen LogP contribution in [-0.4, -0.2) is 41.1 Å². The number of aliphatic imine (C=N–C) groups is 1. The van der Waals surface area contributed by atoms with Crippen LogP contribution in [0.1, 0.15) is 119 Å². The predicted octanol–water partition coefficient (Wildman–Crippen LogP) is 5.67. The monoisotopic (exact) mass is 655 g/mol. The molecular formula is C40H55N4O4+. The van der Waals surface area contributed by atoms with E-state index in [9.17, 15) is 15.0 Å². The van der Waals surface area contributed by atoms with Gasteiger partial charge >= 0.3 is 0 Å². The van der Waals surface area contributed by atoms with Crippen molar-refractivity contribution in [2.75, 3.05) is 13.3 Å². The number of aliphatic hydroxyl groups excluding tert-OH is 1. The summed E-state index contributed by atoms with van der Waals surface area (Å²) in [6.07, 6.45) is 19.8. The largest absolute Gasteiger partial charge is 0.504 e. The number of benzene rings is 2. The first-order valence-electron chi connectivity index (χ1n) is 18.4. The number of unbranched alkanes of at least 4 members (excludes halogenated alkanes) is 1. The third kappa shape index (κ3) is 8.28. The molecule has 0 bridgehead atoms. The summed E-state index contributed by atoms with van der Waals surface area (Å²) in [5.74, 6) is 1.44. The van der Waals surface area contributed by atoms with Gasteiger partial charge in [0, 0.05) is 24.5 Å². The van der Waals surface area contributed by atoms with Crippen molar-refractivity contribution in [3.05, 3.63) is 82.7 Å². The van der Waals surface area contributed by atoms with Crippen LogP contribution in [0.25, 0.3) is 0 Å². The van der Waals surface area contributed by atoms with Gasteiger partial charge in [-0.25, -0.2) is 0 Å². The highest BCUT2D eigenvalue weighted by Gasteiger charge is 2.45. The maximum atomic E-state index is 12.7. The Labute approximate surface area is 286 Å². The molecular weight excluding hydrogens is 600 g/mol. The number of ether oxygens (including phenoxy) is 1. The van der Waals surface area contributed by atoms with Crippen molar-refractivity contribution >= 4 is 11.5 Å². The molecule has 258 valence electrons. The highest BCUT2D eigenvalue weighted by molar-refractivity contribution is 6.08. The number of aliphatic hydroxyl groups is 1. The Morgan fingerprint density at radius 2 is 1.85 bits per heavy atom. The first-order valence-corrected chi connectivity index (χ1v) is 18.4. The standard InChI is InChI=1S/C40H54N4O4/c41-39(42)30-12-8-13-31(22-30)40(19-6-7-20-40)35-24-43-36-26-44(25-34(35)36)27-48-38-21-29(16-18-37(38)47)15-17-33(46)23-32(45)14-5-4-11-28-9-2-1-3-10-28/h8,12-13,16,18,21-22,24-25,28,32,39,45,47H,1-7,9-11,14-15,17,19-20,23,26-27,41-42H2/p+1. The summed E-state index contributed by atoms with van der Waals surface area (Å²) in [6, 6.07) is 13.7. The molecule has 2 fully saturated rings. The lowest BCUT2D eigenvalue weighted by molar-refractivity contribution is -0.851. The first kappa shape index (κ1) is 34.6. The lowest BCUT2D eigenvalue weighted by Crippen LogP contribution is -3.07. The SMILES string of the molecule is NC(N)c1cccc(C2(C3=CN=C4C[NH+](COc5cc(CCC(=O)CC(O)CCCCC6CCCCC6)ccc5O)C=C34)CCCC2)c1. The van der Waals surface area contributed by atoms with Gasteiger partial charge in [0.1, 0.15) is 24.2 Å². The van der Waals surface area contributed by atoms with Crippen LogP contribution in [0.4, 0.5) is 0 Å². The van der Waals surface area contributed by atoms with Crippen molar-refractivity contribution in [1.29, 1.82) is 0 Å². The Bertz CT molecular complexity index is 1520. The van der Waals surface area contributed by atoms with Crippen LogP contribution < -0.4 is 21.1 Å². The highest BCUT2D eigenvalue weighted by Crippen LogP contribution is 2.50. The molecule has 7 N–H and O–H groups in total. The number of phenols is 1. The van der Waals surface area contributed by atoms with E-state index in [1.165, 1.54) is 68.1 Å². The van der Waals surface area contributed by atoms with Gasteiger partial charge in [-0.1, -0.05) is 94.5 Å². The molecule has 2 saturated carbocycles. The quantitative estimate of drug-likeness (QED) is 0.117. The Morgan fingerprint density at radius 1 is 1.04 bits per heavy atom. The van der Waals surface area contributed by atoms with E-state index >= 15 is 0 Å². The number of fused-ring (bicyclic) bond motifs is 1. The molecule has 0 amide bonds. The molecule has 8 nitrogen and oxygen atoms in total. The molecule has 2 unspecified atom stereocenters. The summed E-state index contributed by atoms with van der Waals surface area (Å²) >= 11 is 0. The van der Waals surface area contributed by atoms with Crippen LogP contribution in [0.15, 0.2) is 71.0 Å². The minimum Gasteiger partial charge on any atom is -0.504 e. The van der Waals surface area contributed by atoms with Gasteiger partial charge in [0.05, 0.1) is 17.8 Å². The number of hydrogen-bond acceptors (Lipinski definition) is 7. The van der Waals surface area contributed by atoms with Crippen molar-refractivity contribution in [2.45, 2.75) is 120 Å². The van der Waals surface area contributed by atoms with E-state index in [1.54, 1.807) is 6.07 Å². The highest BCUT2D eigenvalue weighted by atomic mass is 16.5. The second-order valence-electron chi connectivity index (χ2n) is 14.7. The van der Waals surface area contributed by atoms with Crippen LogP contribution in [0, 0.1) is 5.92 Å². The van der Waals surface area contributed by atoms with Crippen molar-refractivity contribution in [2.24, 2.45) is 22.4 Å². The van der Waals surface area contributed by atoms with E-state index in [4.69, 9.17) is 21.2 Å². The van der Waals surface area contributed by atoms with Crippen LogP contribution >= 0.6 is 0 Å². The number of nitrogens with zero attached hydrogens (tertiary/aromatic N) is 1. The van der Waals surface area contributed by atoms with Crippen LogP contribution in [0.2, 0.25) is 0 Å². The van der Waals surface area contributed by atoms with E-state index < -0.39 is 12.3 Å². The van der Waals surface area contributed by atoms with Crippen molar-refractivity contribution in [1.82, 2.24) is 0 Å². The summed E-state index contributed by atoms with van der Waals surface area (Å²) < 4.78 is 6.15. The molecule has 2 aromatic rings. The fourth-order valence-corrected chi connectivity index (χ4v) is 8.46. The molecule has 0 aromatic heterocycles. The van der Waals surface area contributed by atoms with Crippen LogP contribution in [-0.2, 0) is 16.6 Å². The second-order valence-corrected chi connectivity index (χ2v) is 14.7. The average Bonchev–Trinajstić information content (AvgIpc) is 3.84.